The second-order valence-electron chi connectivity index (χ2n) is 4.73. The normalized spacial score (nSPS) is 24.7. The number of hydrogen-bond donors (Lipinski definition) is 2. The molecule has 1 aromatic rings. The maximum Gasteiger partial charge on any atom is 0.103 e. The monoisotopic (exact) mass is 246 g/mol. The number of nitrogens with one attached hydrogen (secondary N) is 1. The van der Waals surface area contributed by atoms with E-state index in [1.165, 1.54) is 0 Å². The van der Waals surface area contributed by atoms with Crippen molar-refractivity contribution in [3.05, 3.63) is 35.9 Å². The van der Waals surface area contributed by atoms with E-state index in [9.17, 15) is 5.11 Å². The lowest BCUT2D eigenvalue weighted by molar-refractivity contribution is 0.0248. The van der Waals surface area contributed by atoms with Crippen LogP contribution in [0.2, 0.25) is 0 Å². The first-order valence-electron chi connectivity index (χ1n) is 6.19. The molecule has 0 bridgehead atoms. The fourth-order valence-electron chi connectivity index (χ4n) is 2.13. The Morgan fingerprint density at radius 1 is 1.44 bits per heavy atom. The molecule has 1 aliphatic heterocycles. The zero-order valence-electron chi connectivity index (χ0n) is 10.3. The van der Waals surface area contributed by atoms with Gasteiger partial charge in [0.1, 0.15) is 5.60 Å². The molecule has 1 aromatic carbocycles. The number of hydrogen-bond acceptors (Lipinski definition) is 4. The molecule has 4 heteroatoms. The maximum atomic E-state index is 10.2. The SMILES string of the molecule is N#CCC(NCC1(O)CCOC1)c1ccccc1. The molecule has 1 fully saturated rings. The Morgan fingerprint density at radius 2 is 2.22 bits per heavy atom. The van der Waals surface area contributed by atoms with Crippen molar-refractivity contribution < 1.29 is 9.84 Å². The Hall–Kier alpha value is -1.41. The van der Waals surface area contributed by atoms with E-state index >= 15 is 0 Å². The van der Waals surface area contributed by atoms with Gasteiger partial charge in [0.15, 0.2) is 0 Å². The van der Waals surface area contributed by atoms with E-state index in [0.717, 1.165) is 5.56 Å². The molecule has 0 amide bonds. The molecule has 2 N–H and O–H groups in total. The standard InChI is InChI=1S/C14H18N2O2/c15-8-6-13(12-4-2-1-3-5-12)16-10-14(17)7-9-18-11-14/h1-5,13,16-17H,6-7,9-11H2. The smallest absolute Gasteiger partial charge is 0.103 e. The molecule has 0 spiro atoms. The van der Waals surface area contributed by atoms with Gasteiger partial charge in [0.25, 0.3) is 0 Å². The van der Waals surface area contributed by atoms with Crippen molar-refractivity contribution in [2.75, 3.05) is 19.8 Å². The highest BCUT2D eigenvalue weighted by molar-refractivity contribution is 5.20. The molecule has 96 valence electrons. The lowest BCUT2D eigenvalue weighted by Gasteiger charge is -2.24. The molecule has 4 nitrogen and oxygen atoms in total. The third-order valence-corrected chi connectivity index (χ3v) is 3.26. The predicted octanol–water partition coefficient (Wildman–Crippen LogP) is 1.38. The predicted molar refractivity (Wildman–Crippen MR) is 67.8 cm³/mol. The third kappa shape index (κ3) is 3.30. The van der Waals surface area contributed by atoms with Crippen LogP contribution in [0.25, 0.3) is 0 Å². The van der Waals surface area contributed by atoms with Crippen LogP contribution in [0.15, 0.2) is 30.3 Å². The summed E-state index contributed by atoms with van der Waals surface area (Å²) in [5.41, 5.74) is 0.282. The molecule has 1 saturated heterocycles. The number of benzene rings is 1. The summed E-state index contributed by atoms with van der Waals surface area (Å²) < 4.78 is 5.20. The topological polar surface area (TPSA) is 65.3 Å². The Balaban J connectivity index is 1.97. The van der Waals surface area contributed by atoms with Gasteiger partial charge in [-0.05, 0) is 5.56 Å². The molecule has 2 atom stereocenters. The Bertz CT molecular complexity index is 408. The van der Waals surface area contributed by atoms with Crippen LogP contribution in [0, 0.1) is 11.3 Å². The zero-order valence-corrected chi connectivity index (χ0v) is 10.3. The number of aliphatic hydroxyl groups is 1. The van der Waals surface area contributed by atoms with E-state index in [-0.39, 0.29) is 6.04 Å². The fraction of sp³-hybridized carbons (Fsp3) is 0.500. The van der Waals surface area contributed by atoms with Gasteiger partial charge in [-0.25, -0.2) is 0 Å². The van der Waals surface area contributed by atoms with Gasteiger partial charge in [0.2, 0.25) is 0 Å². The third-order valence-electron chi connectivity index (χ3n) is 3.26. The lowest BCUT2D eigenvalue weighted by atomic mass is 10.0. The van der Waals surface area contributed by atoms with E-state index in [1.54, 1.807) is 0 Å². The van der Waals surface area contributed by atoms with Crippen LogP contribution in [0.3, 0.4) is 0 Å². The molecular formula is C14H18N2O2. The zero-order chi connectivity index (χ0) is 12.8. The molecule has 2 unspecified atom stereocenters. The minimum Gasteiger partial charge on any atom is -0.386 e. The van der Waals surface area contributed by atoms with Crippen LogP contribution < -0.4 is 5.32 Å². The fourth-order valence-corrected chi connectivity index (χ4v) is 2.13. The quantitative estimate of drug-likeness (QED) is 0.824. The molecule has 0 aliphatic carbocycles. The van der Waals surface area contributed by atoms with Gasteiger partial charge < -0.3 is 15.2 Å². The van der Waals surface area contributed by atoms with E-state index < -0.39 is 5.60 Å². The first kappa shape index (κ1) is 13.0. The van der Waals surface area contributed by atoms with Gasteiger partial charge in [0, 0.05) is 25.6 Å². The molecular weight excluding hydrogens is 228 g/mol. The molecule has 18 heavy (non-hydrogen) atoms. The molecule has 1 heterocycles. The highest BCUT2D eigenvalue weighted by atomic mass is 16.5. The Labute approximate surface area is 107 Å². The van der Waals surface area contributed by atoms with Crippen molar-refractivity contribution in [3.63, 3.8) is 0 Å². The van der Waals surface area contributed by atoms with Gasteiger partial charge in [-0.15, -0.1) is 0 Å². The van der Waals surface area contributed by atoms with Gasteiger partial charge in [0.05, 0.1) is 19.1 Å². The summed E-state index contributed by atoms with van der Waals surface area (Å²) in [5.74, 6) is 0. The van der Waals surface area contributed by atoms with E-state index in [4.69, 9.17) is 10.00 Å². The van der Waals surface area contributed by atoms with Crippen molar-refractivity contribution in [2.24, 2.45) is 0 Å². The van der Waals surface area contributed by atoms with Crippen LogP contribution in [-0.2, 0) is 4.74 Å². The van der Waals surface area contributed by atoms with Crippen molar-refractivity contribution in [2.45, 2.75) is 24.5 Å². The van der Waals surface area contributed by atoms with E-state index in [1.807, 2.05) is 30.3 Å². The minimum absolute atomic E-state index is 0.0409. The Morgan fingerprint density at radius 3 is 2.83 bits per heavy atom. The summed E-state index contributed by atoms with van der Waals surface area (Å²) >= 11 is 0. The van der Waals surface area contributed by atoms with E-state index in [0.29, 0.717) is 32.6 Å². The van der Waals surface area contributed by atoms with Crippen molar-refractivity contribution >= 4 is 0 Å². The second-order valence-corrected chi connectivity index (χ2v) is 4.73. The van der Waals surface area contributed by atoms with Gasteiger partial charge in [-0.1, -0.05) is 30.3 Å². The number of rotatable bonds is 5. The molecule has 0 aromatic heterocycles. The second kappa shape index (κ2) is 5.96. The molecule has 0 saturated carbocycles. The minimum atomic E-state index is -0.789. The van der Waals surface area contributed by atoms with Crippen molar-refractivity contribution in [3.8, 4) is 6.07 Å². The van der Waals surface area contributed by atoms with Crippen molar-refractivity contribution in [1.29, 1.82) is 5.26 Å². The summed E-state index contributed by atoms with van der Waals surface area (Å²) in [4.78, 5) is 0. The van der Waals surface area contributed by atoms with Gasteiger partial charge >= 0.3 is 0 Å². The largest absolute Gasteiger partial charge is 0.386 e. The first-order chi connectivity index (χ1) is 8.73. The summed E-state index contributed by atoms with van der Waals surface area (Å²) in [6.07, 6.45) is 1.04. The maximum absolute atomic E-state index is 10.2. The van der Waals surface area contributed by atoms with Crippen molar-refractivity contribution in [1.82, 2.24) is 5.32 Å². The Kier molecular flexibility index (Phi) is 4.32. The summed E-state index contributed by atoms with van der Waals surface area (Å²) in [5, 5.41) is 22.3. The average Bonchev–Trinajstić information content (AvgIpc) is 2.83. The van der Waals surface area contributed by atoms with Crippen LogP contribution in [0.4, 0.5) is 0 Å². The van der Waals surface area contributed by atoms with Crippen LogP contribution in [-0.4, -0.2) is 30.5 Å². The highest BCUT2D eigenvalue weighted by Crippen LogP contribution is 2.21. The molecule has 0 radical (unpaired) electrons. The summed E-state index contributed by atoms with van der Waals surface area (Å²) in [7, 11) is 0. The van der Waals surface area contributed by atoms with Gasteiger partial charge in [-0.3, -0.25) is 0 Å². The summed E-state index contributed by atoms with van der Waals surface area (Å²) in [6.45, 7) is 1.43. The lowest BCUT2D eigenvalue weighted by Crippen LogP contribution is -2.42. The first-order valence-corrected chi connectivity index (χ1v) is 6.19. The summed E-state index contributed by atoms with van der Waals surface area (Å²) in [6, 6.07) is 12.0. The average molecular weight is 246 g/mol. The molecule has 2 rings (SSSR count). The van der Waals surface area contributed by atoms with Crippen LogP contribution in [0.1, 0.15) is 24.4 Å². The van der Waals surface area contributed by atoms with Crippen LogP contribution in [0.5, 0.6) is 0 Å². The van der Waals surface area contributed by atoms with Crippen LogP contribution >= 0.6 is 0 Å². The number of nitrogens with zero attached hydrogens (tertiary/aromatic N) is 1. The highest BCUT2D eigenvalue weighted by Gasteiger charge is 2.32. The number of ether oxygens (including phenoxy) is 1. The number of nitriles is 1. The molecule has 1 aliphatic rings. The van der Waals surface area contributed by atoms with E-state index in [2.05, 4.69) is 11.4 Å². The van der Waals surface area contributed by atoms with Gasteiger partial charge in [-0.2, -0.15) is 5.26 Å².